The molecule has 0 aromatic heterocycles. The summed E-state index contributed by atoms with van der Waals surface area (Å²) in [5.41, 5.74) is 7.76. The van der Waals surface area contributed by atoms with Gasteiger partial charge in [0.1, 0.15) is 11.5 Å². The molecular weight excluding hydrogens is 186 g/mol. The van der Waals surface area contributed by atoms with E-state index in [1.54, 1.807) is 0 Å². The molecule has 0 saturated heterocycles. The third-order valence-corrected chi connectivity index (χ3v) is 2.36. The minimum atomic E-state index is 0.739. The lowest BCUT2D eigenvalue weighted by atomic mass is 10.1. The van der Waals surface area contributed by atoms with Gasteiger partial charge in [0.25, 0.3) is 0 Å². The number of nitrogens with two attached hydrogens (primary N) is 1. The van der Waals surface area contributed by atoms with Crippen LogP contribution in [0.5, 0.6) is 5.75 Å². The molecule has 2 heteroatoms. The summed E-state index contributed by atoms with van der Waals surface area (Å²) in [4.78, 5) is 0. The van der Waals surface area contributed by atoms with Crippen LogP contribution in [-0.2, 0) is 0 Å². The molecule has 0 spiro atoms. The molecule has 0 heterocycles. The first-order valence-electron chi connectivity index (χ1n) is 5.16. The minimum Gasteiger partial charge on any atom is -0.456 e. The summed E-state index contributed by atoms with van der Waals surface area (Å²) in [5, 5.41) is 0. The summed E-state index contributed by atoms with van der Waals surface area (Å²) in [6, 6.07) is 7.97. The van der Waals surface area contributed by atoms with Crippen molar-refractivity contribution in [1.82, 2.24) is 0 Å². The molecule has 0 unspecified atom stereocenters. The van der Waals surface area contributed by atoms with Gasteiger partial charge in [0.2, 0.25) is 0 Å². The number of ether oxygens (including phenoxy) is 1. The van der Waals surface area contributed by atoms with Gasteiger partial charge < -0.3 is 10.5 Å². The van der Waals surface area contributed by atoms with Crippen LogP contribution in [0, 0.1) is 6.92 Å². The molecule has 1 aliphatic rings. The van der Waals surface area contributed by atoms with Crippen molar-refractivity contribution in [3.05, 3.63) is 53.4 Å². The molecule has 1 aromatic rings. The highest BCUT2D eigenvalue weighted by Crippen LogP contribution is 2.21. The van der Waals surface area contributed by atoms with Gasteiger partial charge in [-0.05, 0) is 43.5 Å². The van der Waals surface area contributed by atoms with E-state index in [0.29, 0.717) is 0 Å². The monoisotopic (exact) mass is 201 g/mol. The van der Waals surface area contributed by atoms with Crippen LogP contribution < -0.4 is 10.5 Å². The zero-order valence-electron chi connectivity index (χ0n) is 8.86. The molecule has 2 rings (SSSR count). The number of hydrogen-bond donors (Lipinski definition) is 1. The molecule has 2 N–H and O–H groups in total. The molecule has 2 nitrogen and oxygen atoms in total. The predicted molar refractivity (Wildman–Crippen MR) is 61.4 cm³/mol. The standard InChI is InChI=1S/C13H15NO/c1-10-5-4-6-11(9-10)15-13-8-3-2-7-12(13)14/h4-9H,2-3,14H2,1H3. The van der Waals surface area contributed by atoms with Crippen LogP contribution in [0.15, 0.2) is 47.9 Å². The van der Waals surface area contributed by atoms with E-state index < -0.39 is 0 Å². The molecule has 0 bridgehead atoms. The van der Waals surface area contributed by atoms with Crippen molar-refractivity contribution in [3.63, 3.8) is 0 Å². The second-order valence-electron chi connectivity index (χ2n) is 3.72. The van der Waals surface area contributed by atoms with Crippen LogP contribution in [-0.4, -0.2) is 0 Å². The second-order valence-corrected chi connectivity index (χ2v) is 3.72. The Hall–Kier alpha value is -1.70. The van der Waals surface area contributed by atoms with Gasteiger partial charge in [-0.25, -0.2) is 0 Å². The summed E-state index contributed by atoms with van der Waals surface area (Å²) in [5.74, 6) is 1.63. The van der Waals surface area contributed by atoms with E-state index in [1.165, 1.54) is 5.56 Å². The number of aryl methyl sites for hydroxylation is 1. The maximum atomic E-state index is 5.83. The van der Waals surface area contributed by atoms with E-state index in [-0.39, 0.29) is 0 Å². The Morgan fingerprint density at radius 2 is 2.00 bits per heavy atom. The van der Waals surface area contributed by atoms with Gasteiger partial charge in [0.15, 0.2) is 0 Å². The molecule has 1 aromatic carbocycles. The maximum Gasteiger partial charge on any atom is 0.146 e. The number of benzene rings is 1. The molecule has 0 radical (unpaired) electrons. The van der Waals surface area contributed by atoms with Crippen LogP contribution in [0.2, 0.25) is 0 Å². The first kappa shape index (κ1) is 9.84. The molecule has 0 saturated carbocycles. The van der Waals surface area contributed by atoms with Gasteiger partial charge in [0, 0.05) is 0 Å². The highest BCUT2D eigenvalue weighted by Gasteiger charge is 2.07. The van der Waals surface area contributed by atoms with E-state index in [9.17, 15) is 0 Å². The van der Waals surface area contributed by atoms with Crippen molar-refractivity contribution >= 4 is 0 Å². The zero-order valence-corrected chi connectivity index (χ0v) is 8.86. The lowest BCUT2D eigenvalue weighted by molar-refractivity contribution is 0.428. The number of hydrogen-bond acceptors (Lipinski definition) is 2. The smallest absolute Gasteiger partial charge is 0.146 e. The molecule has 1 aliphatic carbocycles. The van der Waals surface area contributed by atoms with Crippen LogP contribution in [0.25, 0.3) is 0 Å². The van der Waals surface area contributed by atoms with Gasteiger partial charge in [0.05, 0.1) is 5.70 Å². The first-order chi connectivity index (χ1) is 7.25. The van der Waals surface area contributed by atoms with Crippen LogP contribution in [0.3, 0.4) is 0 Å². The maximum absolute atomic E-state index is 5.83. The Morgan fingerprint density at radius 3 is 2.73 bits per heavy atom. The summed E-state index contributed by atoms with van der Waals surface area (Å²) < 4.78 is 5.72. The van der Waals surface area contributed by atoms with Crippen LogP contribution >= 0.6 is 0 Å². The van der Waals surface area contributed by atoms with E-state index in [1.807, 2.05) is 43.3 Å². The Morgan fingerprint density at radius 1 is 1.20 bits per heavy atom. The van der Waals surface area contributed by atoms with Crippen molar-refractivity contribution < 1.29 is 4.74 Å². The molecule has 0 fully saturated rings. The zero-order chi connectivity index (χ0) is 10.7. The predicted octanol–water partition coefficient (Wildman–Crippen LogP) is 2.89. The molecule has 0 amide bonds. The van der Waals surface area contributed by atoms with E-state index in [2.05, 4.69) is 0 Å². The molecule has 15 heavy (non-hydrogen) atoms. The Kier molecular flexibility index (Phi) is 2.77. The minimum absolute atomic E-state index is 0.739. The fourth-order valence-electron chi connectivity index (χ4n) is 1.58. The quantitative estimate of drug-likeness (QED) is 0.798. The number of rotatable bonds is 2. The highest BCUT2D eigenvalue weighted by atomic mass is 16.5. The summed E-state index contributed by atoms with van der Waals surface area (Å²) >= 11 is 0. The van der Waals surface area contributed by atoms with Crippen molar-refractivity contribution in [2.75, 3.05) is 0 Å². The van der Waals surface area contributed by atoms with Gasteiger partial charge in [-0.1, -0.05) is 18.2 Å². The fraction of sp³-hybridized carbons (Fsp3) is 0.231. The van der Waals surface area contributed by atoms with Crippen LogP contribution in [0.1, 0.15) is 18.4 Å². The second kappa shape index (κ2) is 4.22. The first-order valence-corrected chi connectivity index (χ1v) is 5.16. The third kappa shape index (κ3) is 2.40. The van der Waals surface area contributed by atoms with Gasteiger partial charge >= 0.3 is 0 Å². The average molecular weight is 201 g/mol. The lowest BCUT2D eigenvalue weighted by Gasteiger charge is -2.13. The fourth-order valence-corrected chi connectivity index (χ4v) is 1.58. The molecule has 0 atom stereocenters. The van der Waals surface area contributed by atoms with Crippen LogP contribution in [0.4, 0.5) is 0 Å². The normalized spacial score (nSPS) is 15.5. The Balaban J connectivity index is 2.15. The van der Waals surface area contributed by atoms with Gasteiger partial charge in [-0.2, -0.15) is 0 Å². The van der Waals surface area contributed by atoms with Crippen molar-refractivity contribution in [3.8, 4) is 5.75 Å². The molecular formula is C13H15NO. The summed E-state index contributed by atoms with van der Waals surface area (Å²) in [6.07, 6.45) is 6.05. The Labute approximate surface area is 90.1 Å². The largest absolute Gasteiger partial charge is 0.456 e. The SMILES string of the molecule is Cc1cccc(OC2=CCCC=C2N)c1. The topological polar surface area (TPSA) is 35.2 Å². The van der Waals surface area contributed by atoms with Gasteiger partial charge in [-0.3, -0.25) is 0 Å². The van der Waals surface area contributed by atoms with Gasteiger partial charge in [-0.15, -0.1) is 0 Å². The van der Waals surface area contributed by atoms with Crippen molar-refractivity contribution in [2.24, 2.45) is 5.73 Å². The highest BCUT2D eigenvalue weighted by molar-refractivity contribution is 5.34. The van der Waals surface area contributed by atoms with E-state index in [0.717, 1.165) is 30.0 Å². The summed E-state index contributed by atoms with van der Waals surface area (Å²) in [7, 11) is 0. The average Bonchev–Trinajstić information content (AvgIpc) is 2.22. The Bertz CT molecular complexity index is 418. The molecule has 0 aliphatic heterocycles. The molecule has 78 valence electrons. The van der Waals surface area contributed by atoms with E-state index >= 15 is 0 Å². The van der Waals surface area contributed by atoms with Crippen molar-refractivity contribution in [1.29, 1.82) is 0 Å². The summed E-state index contributed by atoms with van der Waals surface area (Å²) in [6.45, 7) is 2.04. The number of allylic oxidation sites excluding steroid dienone is 2. The lowest BCUT2D eigenvalue weighted by Crippen LogP contribution is -2.09. The van der Waals surface area contributed by atoms with E-state index in [4.69, 9.17) is 10.5 Å². The van der Waals surface area contributed by atoms with Crippen molar-refractivity contribution in [2.45, 2.75) is 19.8 Å². The third-order valence-electron chi connectivity index (χ3n) is 2.36.